The minimum absolute atomic E-state index is 0.0158. The second-order valence-electron chi connectivity index (χ2n) is 4.55. The van der Waals surface area contributed by atoms with Crippen molar-refractivity contribution < 1.29 is 15.1 Å². The third kappa shape index (κ3) is 4.50. The fourth-order valence-corrected chi connectivity index (χ4v) is 1.71. The Morgan fingerprint density at radius 2 is 2.16 bits per heavy atom. The summed E-state index contributed by atoms with van der Waals surface area (Å²) >= 11 is 0. The lowest BCUT2D eigenvalue weighted by atomic mass is 10.1. The Morgan fingerprint density at radius 1 is 1.47 bits per heavy atom. The number of carbonyl (C=O) groups excluding carboxylic acids is 1. The van der Waals surface area contributed by atoms with Gasteiger partial charge < -0.3 is 20.9 Å². The number of oxime groups is 1. The molecule has 0 aliphatic heterocycles. The minimum atomic E-state index is -0.146. The molecule has 0 heterocycles. The molecule has 0 unspecified atom stereocenters. The standard InChI is InChI=1S/C13H19N3O3/c1-9(2)16(8-12(14)15-19)13(18)7-10-4-3-5-11(17)6-10/h3-6,9,17,19H,7-8H2,1-2H3,(H2,14,15). The number of phenolic OH excluding ortho intramolecular Hbond substituents is 1. The van der Waals surface area contributed by atoms with Crippen molar-refractivity contribution in [1.82, 2.24) is 4.90 Å². The summed E-state index contributed by atoms with van der Waals surface area (Å²) in [7, 11) is 0. The number of aromatic hydroxyl groups is 1. The Morgan fingerprint density at radius 3 is 2.68 bits per heavy atom. The van der Waals surface area contributed by atoms with E-state index in [2.05, 4.69) is 5.16 Å². The van der Waals surface area contributed by atoms with Gasteiger partial charge >= 0.3 is 0 Å². The molecule has 0 bridgehead atoms. The van der Waals surface area contributed by atoms with Gasteiger partial charge in [-0.15, -0.1) is 0 Å². The second-order valence-corrected chi connectivity index (χ2v) is 4.55. The van der Waals surface area contributed by atoms with E-state index in [1.807, 2.05) is 13.8 Å². The highest BCUT2D eigenvalue weighted by atomic mass is 16.4. The summed E-state index contributed by atoms with van der Waals surface area (Å²) in [5.41, 5.74) is 6.15. The molecular weight excluding hydrogens is 246 g/mol. The topological polar surface area (TPSA) is 99.1 Å². The van der Waals surface area contributed by atoms with E-state index in [9.17, 15) is 9.90 Å². The van der Waals surface area contributed by atoms with Crippen molar-refractivity contribution in [3.63, 3.8) is 0 Å². The molecule has 19 heavy (non-hydrogen) atoms. The first-order valence-electron chi connectivity index (χ1n) is 5.97. The lowest BCUT2D eigenvalue weighted by Gasteiger charge is -2.26. The lowest BCUT2D eigenvalue weighted by Crippen LogP contribution is -2.43. The highest BCUT2D eigenvalue weighted by Gasteiger charge is 2.18. The van der Waals surface area contributed by atoms with Gasteiger partial charge in [-0.05, 0) is 31.5 Å². The molecule has 104 valence electrons. The number of rotatable bonds is 5. The molecule has 0 aliphatic carbocycles. The van der Waals surface area contributed by atoms with Crippen LogP contribution in [0.2, 0.25) is 0 Å². The monoisotopic (exact) mass is 265 g/mol. The average Bonchev–Trinajstić information content (AvgIpc) is 2.35. The van der Waals surface area contributed by atoms with Gasteiger partial charge in [-0.3, -0.25) is 4.79 Å². The highest BCUT2D eigenvalue weighted by molar-refractivity contribution is 5.87. The van der Waals surface area contributed by atoms with E-state index >= 15 is 0 Å². The number of amides is 1. The Bertz CT molecular complexity index is 472. The number of benzene rings is 1. The number of carbonyl (C=O) groups is 1. The largest absolute Gasteiger partial charge is 0.508 e. The molecule has 0 spiro atoms. The van der Waals surface area contributed by atoms with E-state index in [-0.39, 0.29) is 36.5 Å². The van der Waals surface area contributed by atoms with Crippen LogP contribution in [-0.4, -0.2) is 39.5 Å². The molecule has 0 aliphatic rings. The Hall–Kier alpha value is -2.24. The van der Waals surface area contributed by atoms with Gasteiger partial charge in [0.1, 0.15) is 5.75 Å². The van der Waals surface area contributed by atoms with Crippen LogP contribution in [0.25, 0.3) is 0 Å². The normalized spacial score (nSPS) is 11.6. The summed E-state index contributed by atoms with van der Waals surface area (Å²) in [5, 5.41) is 20.8. The fraction of sp³-hybridized carbons (Fsp3) is 0.385. The van der Waals surface area contributed by atoms with E-state index in [1.165, 1.54) is 4.90 Å². The smallest absolute Gasteiger partial charge is 0.227 e. The zero-order valence-corrected chi connectivity index (χ0v) is 11.1. The van der Waals surface area contributed by atoms with Crippen LogP contribution in [0, 0.1) is 0 Å². The maximum atomic E-state index is 12.2. The van der Waals surface area contributed by atoms with Crippen LogP contribution in [0.3, 0.4) is 0 Å². The average molecular weight is 265 g/mol. The Balaban J connectivity index is 2.78. The van der Waals surface area contributed by atoms with E-state index < -0.39 is 0 Å². The van der Waals surface area contributed by atoms with Crippen molar-refractivity contribution in [2.45, 2.75) is 26.3 Å². The maximum absolute atomic E-state index is 12.2. The molecule has 6 nitrogen and oxygen atoms in total. The van der Waals surface area contributed by atoms with Gasteiger partial charge in [-0.2, -0.15) is 0 Å². The van der Waals surface area contributed by atoms with E-state index in [0.717, 1.165) is 5.56 Å². The molecule has 1 rings (SSSR count). The van der Waals surface area contributed by atoms with Crippen molar-refractivity contribution >= 4 is 11.7 Å². The van der Waals surface area contributed by atoms with E-state index in [0.29, 0.717) is 0 Å². The first kappa shape index (κ1) is 14.8. The quantitative estimate of drug-likeness (QED) is 0.319. The van der Waals surface area contributed by atoms with Crippen LogP contribution in [0.1, 0.15) is 19.4 Å². The van der Waals surface area contributed by atoms with Gasteiger partial charge in [0.2, 0.25) is 5.91 Å². The summed E-state index contributed by atoms with van der Waals surface area (Å²) in [4.78, 5) is 13.7. The van der Waals surface area contributed by atoms with Gasteiger partial charge in [-0.25, -0.2) is 0 Å². The summed E-state index contributed by atoms with van der Waals surface area (Å²) in [6.07, 6.45) is 0.158. The number of nitrogens with zero attached hydrogens (tertiary/aromatic N) is 2. The third-order valence-electron chi connectivity index (χ3n) is 2.67. The fourth-order valence-electron chi connectivity index (χ4n) is 1.71. The predicted molar refractivity (Wildman–Crippen MR) is 72.1 cm³/mol. The zero-order chi connectivity index (χ0) is 14.4. The van der Waals surface area contributed by atoms with Crippen LogP contribution in [0.4, 0.5) is 0 Å². The highest BCUT2D eigenvalue weighted by Crippen LogP contribution is 2.13. The van der Waals surface area contributed by atoms with Gasteiger partial charge in [0, 0.05) is 6.04 Å². The first-order chi connectivity index (χ1) is 8.93. The summed E-state index contributed by atoms with van der Waals surface area (Å²) in [6.45, 7) is 3.78. The number of nitrogens with two attached hydrogens (primary N) is 1. The molecule has 4 N–H and O–H groups in total. The van der Waals surface area contributed by atoms with Crippen molar-refractivity contribution in [2.75, 3.05) is 6.54 Å². The van der Waals surface area contributed by atoms with Crippen LogP contribution in [0.5, 0.6) is 5.75 Å². The van der Waals surface area contributed by atoms with Gasteiger partial charge in [0.05, 0.1) is 13.0 Å². The molecular formula is C13H19N3O3. The van der Waals surface area contributed by atoms with Crippen LogP contribution in [-0.2, 0) is 11.2 Å². The van der Waals surface area contributed by atoms with E-state index in [1.54, 1.807) is 24.3 Å². The lowest BCUT2D eigenvalue weighted by molar-refractivity contribution is -0.131. The molecule has 1 aromatic rings. The van der Waals surface area contributed by atoms with Crippen molar-refractivity contribution in [3.8, 4) is 5.75 Å². The maximum Gasteiger partial charge on any atom is 0.227 e. The van der Waals surface area contributed by atoms with Crippen molar-refractivity contribution in [2.24, 2.45) is 10.9 Å². The Kier molecular flexibility index (Phi) is 5.17. The van der Waals surface area contributed by atoms with Crippen LogP contribution < -0.4 is 5.73 Å². The van der Waals surface area contributed by atoms with Crippen LogP contribution in [0.15, 0.2) is 29.4 Å². The van der Waals surface area contributed by atoms with Crippen LogP contribution >= 0.6 is 0 Å². The van der Waals surface area contributed by atoms with Gasteiger partial charge in [-0.1, -0.05) is 17.3 Å². The summed E-state index contributed by atoms with van der Waals surface area (Å²) in [6, 6.07) is 6.47. The molecule has 0 atom stereocenters. The van der Waals surface area contributed by atoms with Crippen molar-refractivity contribution in [1.29, 1.82) is 0 Å². The third-order valence-corrected chi connectivity index (χ3v) is 2.67. The van der Waals surface area contributed by atoms with Crippen molar-refractivity contribution in [3.05, 3.63) is 29.8 Å². The number of phenols is 1. The first-order valence-corrected chi connectivity index (χ1v) is 5.97. The predicted octanol–water partition coefficient (Wildman–Crippen LogP) is 0.918. The molecule has 1 aromatic carbocycles. The summed E-state index contributed by atoms with van der Waals surface area (Å²) in [5.74, 6) is -0.0389. The van der Waals surface area contributed by atoms with Gasteiger partial charge in [0.25, 0.3) is 0 Å². The molecule has 0 fully saturated rings. The Labute approximate surface area is 112 Å². The molecule has 0 saturated heterocycles. The zero-order valence-electron chi connectivity index (χ0n) is 11.1. The summed E-state index contributed by atoms with van der Waals surface area (Å²) < 4.78 is 0. The number of amidine groups is 1. The second kappa shape index (κ2) is 6.63. The molecule has 0 radical (unpaired) electrons. The number of hydrogen-bond donors (Lipinski definition) is 3. The minimum Gasteiger partial charge on any atom is -0.508 e. The molecule has 0 aromatic heterocycles. The number of hydrogen-bond acceptors (Lipinski definition) is 4. The molecule has 1 amide bonds. The molecule has 0 saturated carbocycles. The van der Waals surface area contributed by atoms with Gasteiger partial charge in [0.15, 0.2) is 5.84 Å². The molecule has 6 heteroatoms. The van der Waals surface area contributed by atoms with E-state index in [4.69, 9.17) is 10.9 Å². The SMILES string of the molecule is CC(C)N(CC(N)=NO)C(=O)Cc1cccc(O)c1.